The number of hydrogen-bond acceptors (Lipinski definition) is 4. The molecule has 0 radical (unpaired) electrons. The molecule has 0 unspecified atom stereocenters. The molecule has 30 heavy (non-hydrogen) atoms. The van der Waals surface area contributed by atoms with E-state index in [0.717, 1.165) is 25.4 Å². The summed E-state index contributed by atoms with van der Waals surface area (Å²) < 4.78 is 11.6. The van der Waals surface area contributed by atoms with Crippen molar-refractivity contribution < 1.29 is 19.7 Å². The van der Waals surface area contributed by atoms with Crippen molar-refractivity contribution in [1.82, 2.24) is 0 Å². The van der Waals surface area contributed by atoms with E-state index in [4.69, 9.17) is 9.47 Å². The molecule has 0 heterocycles. The molecule has 4 aliphatic carbocycles. The molecule has 0 bridgehead atoms. The number of rotatable bonds is 5. The maximum Gasteiger partial charge on any atom is 0.162 e. The van der Waals surface area contributed by atoms with E-state index in [0.29, 0.717) is 35.5 Å². The summed E-state index contributed by atoms with van der Waals surface area (Å²) in [6, 6.07) is 0. The highest BCUT2D eigenvalue weighted by Crippen LogP contribution is 2.67. The van der Waals surface area contributed by atoms with Gasteiger partial charge in [0.2, 0.25) is 0 Å². The highest BCUT2D eigenvalue weighted by Gasteiger charge is 2.61. The van der Waals surface area contributed by atoms with Crippen molar-refractivity contribution in [3.63, 3.8) is 0 Å². The summed E-state index contributed by atoms with van der Waals surface area (Å²) in [6.45, 7) is 11.9. The van der Waals surface area contributed by atoms with E-state index in [1.54, 1.807) is 7.11 Å². The molecule has 0 saturated heterocycles. The average Bonchev–Trinajstić information content (AvgIpc) is 3.05. The average molecular weight is 421 g/mol. The molecule has 2 N–H and O–H groups in total. The number of ether oxygens (including phenoxy) is 2. The number of hydrogen-bond donors (Lipinski definition) is 2. The Balaban J connectivity index is 1.53. The summed E-state index contributed by atoms with van der Waals surface area (Å²) >= 11 is 0. The number of aliphatic hydroxyl groups is 2. The van der Waals surface area contributed by atoms with Crippen LogP contribution >= 0.6 is 0 Å². The molecule has 0 spiro atoms. The second-order valence-electron chi connectivity index (χ2n) is 11.9. The predicted molar refractivity (Wildman–Crippen MR) is 119 cm³/mol. The fourth-order valence-electron chi connectivity index (χ4n) is 8.18. The summed E-state index contributed by atoms with van der Waals surface area (Å²) in [5, 5.41) is 21.3. The third kappa shape index (κ3) is 3.50. The number of allylic oxidation sites excluding steroid dienone is 1. The van der Waals surface area contributed by atoms with Crippen molar-refractivity contribution in [1.29, 1.82) is 0 Å². The highest BCUT2D eigenvalue weighted by molar-refractivity contribution is 5.27. The van der Waals surface area contributed by atoms with Gasteiger partial charge in [0, 0.05) is 18.9 Å². The van der Waals surface area contributed by atoms with Crippen LogP contribution in [0.15, 0.2) is 11.6 Å². The van der Waals surface area contributed by atoms with Crippen LogP contribution in [0, 0.1) is 40.4 Å². The number of methoxy groups -OCH3 is 1. The van der Waals surface area contributed by atoms with Crippen molar-refractivity contribution in [2.45, 2.75) is 97.6 Å². The quantitative estimate of drug-likeness (QED) is 0.489. The van der Waals surface area contributed by atoms with Crippen LogP contribution in [0.2, 0.25) is 0 Å². The van der Waals surface area contributed by atoms with Crippen LogP contribution in [0.5, 0.6) is 0 Å². The smallest absolute Gasteiger partial charge is 0.162 e. The maximum absolute atomic E-state index is 11.1. The van der Waals surface area contributed by atoms with Gasteiger partial charge in [-0.1, -0.05) is 32.4 Å². The Morgan fingerprint density at radius 1 is 1.17 bits per heavy atom. The monoisotopic (exact) mass is 420 g/mol. The zero-order valence-electron chi connectivity index (χ0n) is 20.0. The maximum atomic E-state index is 11.1. The standard InChI is InChI=1S/C26H44O4/c1-16(15-30-24(2,3)29-6)20-9-10-21-19-8-7-17-13-18(27)14-23(28)26(17,5)22(19)11-12-25(20,21)4/h7,16,18-23,27-28H,8-15H2,1-6H3/t16-,18-,19+,20-,21+,22+,23+,25-,26+/m1/s1. The van der Waals surface area contributed by atoms with Crippen LogP contribution in [0.25, 0.3) is 0 Å². The highest BCUT2D eigenvalue weighted by atomic mass is 16.7. The minimum Gasteiger partial charge on any atom is -0.393 e. The summed E-state index contributed by atoms with van der Waals surface area (Å²) in [7, 11) is 1.71. The normalized spacial score (nSPS) is 47.1. The Labute approximate surface area is 183 Å². The zero-order chi connectivity index (χ0) is 21.9. The minimum absolute atomic E-state index is 0.140. The Morgan fingerprint density at radius 2 is 1.90 bits per heavy atom. The second kappa shape index (κ2) is 7.86. The fraction of sp³-hybridized carbons (Fsp3) is 0.923. The molecular weight excluding hydrogens is 376 g/mol. The lowest BCUT2D eigenvalue weighted by molar-refractivity contribution is -0.207. The van der Waals surface area contributed by atoms with Gasteiger partial charge >= 0.3 is 0 Å². The van der Waals surface area contributed by atoms with Gasteiger partial charge in [0.1, 0.15) is 0 Å². The summed E-state index contributed by atoms with van der Waals surface area (Å²) in [5.74, 6) is 2.63. The zero-order valence-corrected chi connectivity index (χ0v) is 20.0. The molecule has 3 saturated carbocycles. The lowest BCUT2D eigenvalue weighted by Crippen LogP contribution is -2.55. The van der Waals surface area contributed by atoms with Gasteiger partial charge < -0.3 is 19.7 Å². The van der Waals surface area contributed by atoms with Crippen LogP contribution in [0.1, 0.15) is 79.6 Å². The first-order valence-electron chi connectivity index (χ1n) is 12.3. The molecule has 0 aromatic carbocycles. The molecule has 9 atom stereocenters. The molecule has 4 heteroatoms. The largest absolute Gasteiger partial charge is 0.393 e. The molecule has 4 nitrogen and oxygen atoms in total. The summed E-state index contributed by atoms with van der Waals surface area (Å²) in [4.78, 5) is 0. The van der Waals surface area contributed by atoms with Crippen LogP contribution in [0.4, 0.5) is 0 Å². The van der Waals surface area contributed by atoms with E-state index in [9.17, 15) is 10.2 Å². The molecule has 4 rings (SSSR count). The van der Waals surface area contributed by atoms with Crippen LogP contribution < -0.4 is 0 Å². The Hall–Kier alpha value is -0.420. The fourth-order valence-corrected chi connectivity index (χ4v) is 8.18. The SMILES string of the molecule is COC(C)(C)OC[C@@H](C)[C@H]1CC[C@H]2[C@@H]3CC=C4C[C@@H](O)C[C@H](O)[C@]4(C)[C@H]3CC[C@]12C. The van der Waals surface area contributed by atoms with Gasteiger partial charge in [0.25, 0.3) is 0 Å². The molecule has 0 aromatic rings. The van der Waals surface area contributed by atoms with Gasteiger partial charge in [0.15, 0.2) is 5.79 Å². The third-order valence-electron chi connectivity index (χ3n) is 10.1. The first-order chi connectivity index (χ1) is 14.0. The lowest BCUT2D eigenvalue weighted by atomic mass is 9.46. The first kappa shape index (κ1) is 22.8. The van der Waals surface area contributed by atoms with E-state index >= 15 is 0 Å². The van der Waals surface area contributed by atoms with Crippen molar-refractivity contribution in [3.8, 4) is 0 Å². The van der Waals surface area contributed by atoms with Crippen molar-refractivity contribution in [3.05, 3.63) is 11.6 Å². The van der Waals surface area contributed by atoms with Gasteiger partial charge in [-0.25, -0.2) is 0 Å². The van der Waals surface area contributed by atoms with Crippen LogP contribution in [-0.2, 0) is 9.47 Å². The Bertz CT molecular complexity index is 672. The molecule has 0 amide bonds. The molecule has 3 fully saturated rings. The van der Waals surface area contributed by atoms with Gasteiger partial charge in [-0.2, -0.15) is 0 Å². The van der Waals surface area contributed by atoms with Gasteiger partial charge in [-0.15, -0.1) is 0 Å². The van der Waals surface area contributed by atoms with Crippen molar-refractivity contribution in [2.75, 3.05) is 13.7 Å². The topological polar surface area (TPSA) is 58.9 Å². The second-order valence-corrected chi connectivity index (χ2v) is 11.9. The molecule has 172 valence electrons. The summed E-state index contributed by atoms with van der Waals surface area (Å²) in [6.07, 6.45) is 9.07. The van der Waals surface area contributed by atoms with E-state index < -0.39 is 11.9 Å². The summed E-state index contributed by atoms with van der Waals surface area (Å²) in [5.41, 5.74) is 1.55. The first-order valence-corrected chi connectivity index (χ1v) is 12.3. The van der Waals surface area contributed by atoms with E-state index in [1.165, 1.54) is 31.3 Å². The van der Waals surface area contributed by atoms with E-state index in [2.05, 4.69) is 26.8 Å². The van der Waals surface area contributed by atoms with E-state index in [1.807, 2.05) is 13.8 Å². The molecular formula is C26H44O4. The van der Waals surface area contributed by atoms with Crippen LogP contribution in [0.3, 0.4) is 0 Å². The molecule has 4 aliphatic rings. The van der Waals surface area contributed by atoms with Gasteiger partial charge in [-0.05, 0) is 87.4 Å². The minimum atomic E-state index is -0.522. The number of aliphatic hydroxyl groups excluding tert-OH is 2. The van der Waals surface area contributed by atoms with Crippen LogP contribution in [-0.4, -0.2) is 41.9 Å². The number of fused-ring (bicyclic) bond motifs is 5. The van der Waals surface area contributed by atoms with Crippen molar-refractivity contribution in [2.24, 2.45) is 40.4 Å². The third-order valence-corrected chi connectivity index (χ3v) is 10.1. The Kier molecular flexibility index (Phi) is 5.97. The Morgan fingerprint density at radius 3 is 2.60 bits per heavy atom. The van der Waals surface area contributed by atoms with Gasteiger partial charge in [-0.3, -0.25) is 0 Å². The molecule has 0 aromatic heterocycles. The van der Waals surface area contributed by atoms with Gasteiger partial charge in [0.05, 0.1) is 18.8 Å². The lowest BCUT2D eigenvalue weighted by Gasteiger charge is -2.59. The predicted octanol–water partition coefficient (Wildman–Crippen LogP) is 4.93. The van der Waals surface area contributed by atoms with E-state index in [-0.39, 0.29) is 11.5 Å². The molecule has 0 aliphatic heterocycles. The van der Waals surface area contributed by atoms with Crippen molar-refractivity contribution >= 4 is 0 Å².